The third kappa shape index (κ3) is 5.76. The molecule has 2 aliphatic heterocycles. The van der Waals surface area contributed by atoms with Crippen molar-refractivity contribution in [3.05, 3.63) is 24.3 Å². The number of nitrogens with zero attached hydrogens (tertiary/aromatic N) is 4. The highest BCUT2D eigenvalue weighted by Crippen LogP contribution is 2.27. The predicted octanol–water partition coefficient (Wildman–Crippen LogP) is 2.95. The Balaban J connectivity index is 1.22. The largest absolute Gasteiger partial charge is 0.497 e. The number of likely N-dealkylation sites (tertiary alicyclic amines) is 1. The Morgan fingerprint density at radius 3 is 2.45 bits per heavy atom. The molecule has 2 aromatic rings. The van der Waals surface area contributed by atoms with Crippen LogP contribution in [0.15, 0.2) is 28.7 Å². The van der Waals surface area contributed by atoms with E-state index in [1.54, 1.807) is 7.11 Å². The first-order chi connectivity index (χ1) is 15.2. The number of rotatable bonds is 7. The summed E-state index contributed by atoms with van der Waals surface area (Å²) in [6, 6.07) is 8.06. The molecule has 168 valence electrons. The summed E-state index contributed by atoms with van der Waals surface area (Å²) in [7, 11) is 1.64. The van der Waals surface area contributed by atoms with Crippen molar-refractivity contribution in [2.75, 3.05) is 51.3 Å². The van der Waals surface area contributed by atoms with Crippen molar-refractivity contribution in [1.29, 1.82) is 0 Å². The normalized spacial score (nSPS) is 18.5. The zero-order valence-electron chi connectivity index (χ0n) is 18.4. The molecule has 0 radical (unpaired) electrons. The molecular formula is C23H33N5O3. The van der Waals surface area contributed by atoms with Crippen LogP contribution in [0.1, 0.15) is 38.5 Å². The summed E-state index contributed by atoms with van der Waals surface area (Å²) in [6.45, 7) is 5.52. The minimum atomic E-state index is 0.0596. The summed E-state index contributed by atoms with van der Waals surface area (Å²) in [4.78, 5) is 17.1. The minimum absolute atomic E-state index is 0.0596. The van der Waals surface area contributed by atoms with Crippen LogP contribution in [0.4, 0.5) is 6.01 Å². The van der Waals surface area contributed by atoms with Gasteiger partial charge in [-0.3, -0.25) is 4.79 Å². The van der Waals surface area contributed by atoms with Crippen molar-refractivity contribution in [1.82, 2.24) is 20.4 Å². The van der Waals surface area contributed by atoms with Crippen LogP contribution in [-0.4, -0.2) is 67.4 Å². The molecule has 2 saturated heterocycles. The number of anilines is 1. The number of ether oxygens (including phenoxy) is 1. The van der Waals surface area contributed by atoms with Gasteiger partial charge in [0.05, 0.1) is 7.11 Å². The molecule has 0 atom stereocenters. The van der Waals surface area contributed by atoms with Gasteiger partial charge in [-0.25, -0.2) is 0 Å². The molecular weight excluding hydrogens is 394 g/mol. The molecule has 31 heavy (non-hydrogen) atoms. The molecule has 1 aromatic carbocycles. The van der Waals surface area contributed by atoms with E-state index in [-0.39, 0.29) is 11.8 Å². The number of nitrogens with one attached hydrogen (secondary N) is 1. The van der Waals surface area contributed by atoms with Gasteiger partial charge in [-0.1, -0.05) is 17.9 Å². The minimum Gasteiger partial charge on any atom is -0.497 e. The highest BCUT2D eigenvalue weighted by molar-refractivity contribution is 5.78. The summed E-state index contributed by atoms with van der Waals surface area (Å²) in [5.74, 6) is 1.52. The molecule has 1 N–H and O–H groups in total. The molecule has 8 heteroatoms. The van der Waals surface area contributed by atoms with Gasteiger partial charge >= 0.3 is 6.01 Å². The van der Waals surface area contributed by atoms with Crippen LogP contribution in [0.5, 0.6) is 5.75 Å². The number of hydrogen-bond donors (Lipinski definition) is 1. The second kappa shape index (κ2) is 10.6. The van der Waals surface area contributed by atoms with Crippen molar-refractivity contribution in [2.24, 2.45) is 5.92 Å². The van der Waals surface area contributed by atoms with E-state index in [4.69, 9.17) is 9.15 Å². The summed E-state index contributed by atoms with van der Waals surface area (Å²) < 4.78 is 11.1. The Labute approximate surface area is 183 Å². The number of amides is 1. The number of carbonyl (C=O) groups is 1. The van der Waals surface area contributed by atoms with Gasteiger partial charge in [0.15, 0.2) is 0 Å². The first kappa shape index (κ1) is 21.6. The lowest BCUT2D eigenvalue weighted by molar-refractivity contribution is -0.125. The number of piperidine rings is 1. The fourth-order valence-corrected chi connectivity index (χ4v) is 4.37. The molecule has 0 spiro atoms. The Morgan fingerprint density at radius 1 is 1.06 bits per heavy atom. The van der Waals surface area contributed by atoms with E-state index in [1.807, 2.05) is 24.3 Å². The Hall–Kier alpha value is -2.61. The molecule has 2 fully saturated rings. The lowest BCUT2D eigenvalue weighted by atomic mass is 9.96. The molecule has 0 saturated carbocycles. The fourth-order valence-electron chi connectivity index (χ4n) is 4.37. The second-order valence-electron chi connectivity index (χ2n) is 8.43. The molecule has 0 unspecified atom stereocenters. The maximum atomic E-state index is 12.6. The van der Waals surface area contributed by atoms with Crippen LogP contribution in [0.3, 0.4) is 0 Å². The number of hydrogen-bond acceptors (Lipinski definition) is 7. The molecule has 3 heterocycles. The average Bonchev–Trinajstić information content (AvgIpc) is 3.17. The third-order valence-corrected chi connectivity index (χ3v) is 6.31. The zero-order chi connectivity index (χ0) is 21.5. The molecule has 0 aliphatic carbocycles. The third-order valence-electron chi connectivity index (χ3n) is 6.31. The van der Waals surface area contributed by atoms with Crippen LogP contribution < -0.4 is 15.0 Å². The van der Waals surface area contributed by atoms with Crippen LogP contribution in [0.2, 0.25) is 0 Å². The highest BCUT2D eigenvalue weighted by Gasteiger charge is 2.27. The van der Waals surface area contributed by atoms with Crippen LogP contribution in [-0.2, 0) is 4.79 Å². The summed E-state index contributed by atoms with van der Waals surface area (Å²) in [6.07, 6.45) is 6.84. The van der Waals surface area contributed by atoms with Gasteiger partial charge in [-0.2, -0.15) is 0 Å². The Kier molecular flexibility index (Phi) is 7.40. The monoisotopic (exact) mass is 427 g/mol. The van der Waals surface area contributed by atoms with Crippen molar-refractivity contribution < 1.29 is 13.9 Å². The lowest BCUT2D eigenvalue weighted by Crippen LogP contribution is -2.42. The van der Waals surface area contributed by atoms with E-state index < -0.39 is 0 Å². The van der Waals surface area contributed by atoms with Gasteiger partial charge in [0.2, 0.25) is 11.8 Å². The van der Waals surface area contributed by atoms with Gasteiger partial charge in [0.25, 0.3) is 0 Å². The van der Waals surface area contributed by atoms with E-state index >= 15 is 0 Å². The standard InChI is InChI=1S/C23H33N5O3/c1-30-20-8-6-19(7-9-20)22-25-26-23(31-22)28-15-10-18(11-16-28)21(29)24-12-17-27-13-4-2-3-5-14-27/h6-9,18H,2-5,10-17H2,1H3,(H,24,29). The van der Waals surface area contributed by atoms with Crippen LogP contribution in [0, 0.1) is 5.92 Å². The number of methoxy groups -OCH3 is 1. The molecule has 1 amide bonds. The molecule has 1 aromatic heterocycles. The van der Waals surface area contributed by atoms with E-state index in [0.717, 1.165) is 63.4 Å². The van der Waals surface area contributed by atoms with Gasteiger partial charge in [0, 0.05) is 37.7 Å². The van der Waals surface area contributed by atoms with Gasteiger partial charge in [-0.05, 0) is 63.0 Å². The van der Waals surface area contributed by atoms with Crippen molar-refractivity contribution in [2.45, 2.75) is 38.5 Å². The highest BCUT2D eigenvalue weighted by atomic mass is 16.5. The first-order valence-electron chi connectivity index (χ1n) is 11.5. The SMILES string of the molecule is COc1ccc(-c2nnc(N3CCC(C(=O)NCCN4CCCCCC4)CC3)o2)cc1. The molecule has 0 bridgehead atoms. The second-order valence-corrected chi connectivity index (χ2v) is 8.43. The number of aromatic nitrogens is 2. The summed E-state index contributed by atoms with van der Waals surface area (Å²) in [5.41, 5.74) is 0.859. The lowest BCUT2D eigenvalue weighted by Gasteiger charge is -2.30. The van der Waals surface area contributed by atoms with Gasteiger partial charge < -0.3 is 24.3 Å². The van der Waals surface area contributed by atoms with E-state index in [0.29, 0.717) is 11.9 Å². The van der Waals surface area contributed by atoms with E-state index in [1.165, 1.54) is 25.7 Å². The smallest absolute Gasteiger partial charge is 0.318 e. The predicted molar refractivity (Wildman–Crippen MR) is 119 cm³/mol. The Morgan fingerprint density at radius 2 is 1.77 bits per heavy atom. The fraction of sp³-hybridized carbons (Fsp3) is 0.609. The van der Waals surface area contributed by atoms with Gasteiger partial charge in [0.1, 0.15) is 5.75 Å². The van der Waals surface area contributed by atoms with E-state index in [2.05, 4.69) is 25.3 Å². The Bertz CT molecular complexity index is 822. The zero-order valence-corrected chi connectivity index (χ0v) is 18.4. The maximum Gasteiger partial charge on any atom is 0.318 e. The average molecular weight is 428 g/mol. The first-order valence-corrected chi connectivity index (χ1v) is 11.5. The number of carbonyl (C=O) groups excluding carboxylic acids is 1. The molecule has 4 rings (SSSR count). The van der Waals surface area contributed by atoms with Crippen molar-refractivity contribution >= 4 is 11.9 Å². The van der Waals surface area contributed by atoms with Crippen molar-refractivity contribution in [3.63, 3.8) is 0 Å². The maximum absolute atomic E-state index is 12.6. The molecule has 2 aliphatic rings. The number of benzene rings is 1. The van der Waals surface area contributed by atoms with Crippen LogP contribution >= 0.6 is 0 Å². The van der Waals surface area contributed by atoms with Crippen molar-refractivity contribution in [3.8, 4) is 17.2 Å². The topological polar surface area (TPSA) is 83.7 Å². The summed E-state index contributed by atoms with van der Waals surface area (Å²) >= 11 is 0. The molecule has 8 nitrogen and oxygen atoms in total. The van der Waals surface area contributed by atoms with Gasteiger partial charge in [-0.15, -0.1) is 5.10 Å². The summed E-state index contributed by atoms with van der Waals surface area (Å²) in [5, 5.41) is 11.5. The quantitative estimate of drug-likeness (QED) is 0.727. The van der Waals surface area contributed by atoms with Crippen LogP contribution in [0.25, 0.3) is 11.5 Å². The van der Waals surface area contributed by atoms with E-state index in [9.17, 15) is 4.79 Å².